The van der Waals surface area contributed by atoms with E-state index in [0.717, 1.165) is 5.56 Å². The molecule has 1 aliphatic rings. The molecule has 3 aromatic rings. The molecule has 1 saturated heterocycles. The van der Waals surface area contributed by atoms with Gasteiger partial charge in [0.05, 0.1) is 39.2 Å². The van der Waals surface area contributed by atoms with Crippen LogP contribution in [-0.2, 0) is 20.7 Å². The lowest BCUT2D eigenvalue weighted by atomic mass is 10.1. The molecule has 0 radical (unpaired) electrons. The van der Waals surface area contributed by atoms with Crippen LogP contribution in [0.3, 0.4) is 0 Å². The molecule has 2 amide bonds. The molecule has 42 heavy (non-hydrogen) atoms. The first kappa shape index (κ1) is 30.4. The van der Waals surface area contributed by atoms with E-state index in [-0.39, 0.29) is 24.8 Å². The number of ether oxygens (including phenoxy) is 4. The largest absolute Gasteiger partial charge is 0.497 e. The van der Waals surface area contributed by atoms with E-state index in [4.69, 9.17) is 23.9 Å². The highest BCUT2D eigenvalue weighted by Gasteiger charge is 2.39. The highest BCUT2D eigenvalue weighted by Crippen LogP contribution is 2.33. The van der Waals surface area contributed by atoms with Gasteiger partial charge in [-0.15, -0.1) is 0 Å². The summed E-state index contributed by atoms with van der Waals surface area (Å²) in [7, 11) is 4.70. The number of methoxy groups -OCH3 is 3. The van der Waals surface area contributed by atoms with Crippen LogP contribution in [0.15, 0.2) is 71.7 Å². The molecule has 0 bridgehead atoms. The van der Waals surface area contributed by atoms with Gasteiger partial charge in [-0.3, -0.25) is 14.5 Å². The number of hydrogen-bond acceptors (Lipinski definition) is 9. The Morgan fingerprint density at radius 1 is 0.952 bits per heavy atom. The molecule has 0 spiro atoms. The van der Waals surface area contributed by atoms with Gasteiger partial charge in [0.15, 0.2) is 16.7 Å². The van der Waals surface area contributed by atoms with E-state index in [1.807, 2.05) is 18.2 Å². The van der Waals surface area contributed by atoms with E-state index < -0.39 is 11.2 Å². The number of carbonyl (C=O) groups is 3. The van der Waals surface area contributed by atoms with Gasteiger partial charge in [-0.05, 0) is 67.4 Å². The van der Waals surface area contributed by atoms with Gasteiger partial charge in [-0.25, -0.2) is 9.79 Å². The molecule has 4 rings (SSSR count). The molecule has 10 nitrogen and oxygen atoms in total. The molecule has 1 fully saturated rings. The number of amides is 2. The van der Waals surface area contributed by atoms with Gasteiger partial charge in [-0.2, -0.15) is 0 Å². The van der Waals surface area contributed by atoms with E-state index >= 15 is 0 Å². The third-order valence-electron chi connectivity index (χ3n) is 6.42. The molecule has 1 unspecified atom stereocenters. The maximum Gasteiger partial charge on any atom is 0.338 e. The van der Waals surface area contributed by atoms with Crippen molar-refractivity contribution in [2.75, 3.05) is 39.8 Å². The number of anilines is 1. The predicted molar refractivity (Wildman–Crippen MR) is 162 cm³/mol. The lowest BCUT2D eigenvalue weighted by Gasteiger charge is -2.17. The van der Waals surface area contributed by atoms with Gasteiger partial charge >= 0.3 is 5.97 Å². The molecule has 1 N–H and O–H groups in total. The van der Waals surface area contributed by atoms with E-state index in [1.54, 1.807) is 81.7 Å². The second-order valence-electron chi connectivity index (χ2n) is 9.18. The molecule has 11 heteroatoms. The first-order valence-corrected chi connectivity index (χ1v) is 14.2. The minimum absolute atomic E-state index is 0.0333. The van der Waals surface area contributed by atoms with Gasteiger partial charge in [0.2, 0.25) is 11.8 Å². The summed E-state index contributed by atoms with van der Waals surface area (Å²) in [5.41, 5.74) is 2.50. The Hall–Kier alpha value is -4.51. The van der Waals surface area contributed by atoms with Crippen LogP contribution in [0, 0.1) is 0 Å². The number of hydrogen-bond donors (Lipinski definition) is 1. The summed E-state index contributed by atoms with van der Waals surface area (Å²) in [6.45, 7) is 2.37. The van der Waals surface area contributed by atoms with Crippen LogP contribution in [-0.4, -0.2) is 67.6 Å². The van der Waals surface area contributed by atoms with Crippen molar-refractivity contribution in [3.8, 4) is 17.2 Å². The molecular weight excluding hydrogens is 558 g/mol. The molecule has 1 atom stereocenters. The number of rotatable bonds is 12. The van der Waals surface area contributed by atoms with Gasteiger partial charge in [-0.1, -0.05) is 23.9 Å². The fourth-order valence-electron chi connectivity index (χ4n) is 4.29. The van der Waals surface area contributed by atoms with Crippen molar-refractivity contribution in [1.82, 2.24) is 4.90 Å². The second kappa shape index (κ2) is 14.4. The lowest BCUT2D eigenvalue weighted by molar-refractivity contribution is -0.128. The highest BCUT2D eigenvalue weighted by atomic mass is 32.2. The fourth-order valence-corrected chi connectivity index (χ4v) is 5.47. The van der Waals surface area contributed by atoms with E-state index in [2.05, 4.69) is 5.32 Å². The number of thioether (sulfide) groups is 1. The molecule has 1 aliphatic heterocycles. The highest BCUT2D eigenvalue weighted by molar-refractivity contribution is 8.15. The smallest absolute Gasteiger partial charge is 0.338 e. The van der Waals surface area contributed by atoms with Crippen molar-refractivity contribution in [1.29, 1.82) is 0 Å². The normalized spacial score (nSPS) is 15.4. The van der Waals surface area contributed by atoms with E-state index in [9.17, 15) is 14.4 Å². The first-order valence-electron chi connectivity index (χ1n) is 13.3. The average molecular weight is 592 g/mol. The SMILES string of the molecule is CCOC(=O)c1ccc(N=C2SC(CC(=O)Nc3cccc(OC)c3)C(=O)N2CCc2ccc(OC)c(OC)c2)cc1. The summed E-state index contributed by atoms with van der Waals surface area (Å²) in [6, 6.07) is 19.3. The zero-order valence-electron chi connectivity index (χ0n) is 23.9. The number of benzene rings is 3. The van der Waals surface area contributed by atoms with Gasteiger partial charge in [0.25, 0.3) is 0 Å². The summed E-state index contributed by atoms with van der Waals surface area (Å²) in [6.07, 6.45) is 0.491. The Bertz CT molecular complexity index is 1460. The summed E-state index contributed by atoms with van der Waals surface area (Å²) in [5.74, 6) is 0.909. The number of amidine groups is 1. The number of aliphatic imine (C=N–C) groups is 1. The Morgan fingerprint density at radius 2 is 1.71 bits per heavy atom. The molecule has 1 heterocycles. The van der Waals surface area contributed by atoms with Crippen molar-refractivity contribution in [2.24, 2.45) is 4.99 Å². The molecule has 0 aliphatic carbocycles. The van der Waals surface area contributed by atoms with Crippen molar-refractivity contribution < 1.29 is 33.3 Å². The zero-order chi connectivity index (χ0) is 30.1. The third-order valence-corrected chi connectivity index (χ3v) is 7.59. The maximum absolute atomic E-state index is 13.6. The van der Waals surface area contributed by atoms with Gasteiger partial charge in [0.1, 0.15) is 11.0 Å². The Kier molecular flexibility index (Phi) is 10.4. The van der Waals surface area contributed by atoms with Crippen molar-refractivity contribution >= 4 is 46.1 Å². The Morgan fingerprint density at radius 3 is 2.40 bits per heavy atom. The molecule has 220 valence electrons. The van der Waals surface area contributed by atoms with Crippen LogP contribution in [0.2, 0.25) is 0 Å². The number of nitrogens with one attached hydrogen (secondary N) is 1. The Labute approximate surface area is 249 Å². The van der Waals surface area contributed by atoms with Gasteiger partial charge < -0.3 is 24.3 Å². The van der Waals surface area contributed by atoms with Gasteiger partial charge in [0, 0.05) is 24.7 Å². The topological polar surface area (TPSA) is 116 Å². The summed E-state index contributed by atoms with van der Waals surface area (Å²) < 4.78 is 21.0. The second-order valence-corrected chi connectivity index (χ2v) is 10.4. The molecule has 0 saturated carbocycles. The average Bonchev–Trinajstić information content (AvgIpc) is 3.28. The van der Waals surface area contributed by atoms with Crippen LogP contribution in [0.4, 0.5) is 11.4 Å². The van der Waals surface area contributed by atoms with Crippen LogP contribution >= 0.6 is 11.8 Å². The van der Waals surface area contributed by atoms with E-state index in [1.165, 1.54) is 11.8 Å². The number of carbonyl (C=O) groups excluding carboxylic acids is 3. The van der Waals surface area contributed by atoms with E-state index in [0.29, 0.717) is 52.3 Å². The summed E-state index contributed by atoms with van der Waals surface area (Å²) >= 11 is 1.24. The summed E-state index contributed by atoms with van der Waals surface area (Å²) in [5, 5.41) is 2.66. The Balaban J connectivity index is 1.53. The van der Waals surface area contributed by atoms with Crippen molar-refractivity contribution in [2.45, 2.75) is 25.0 Å². The van der Waals surface area contributed by atoms with Crippen LogP contribution in [0.1, 0.15) is 29.3 Å². The quantitative estimate of drug-likeness (QED) is 0.290. The molecular formula is C31H33N3O7S. The van der Waals surface area contributed by atoms with Crippen molar-refractivity contribution in [3.63, 3.8) is 0 Å². The van der Waals surface area contributed by atoms with Crippen LogP contribution in [0.5, 0.6) is 17.2 Å². The lowest BCUT2D eigenvalue weighted by Crippen LogP contribution is -2.35. The molecule has 3 aromatic carbocycles. The fraction of sp³-hybridized carbons (Fsp3) is 0.290. The minimum atomic E-state index is -0.654. The maximum atomic E-state index is 13.6. The monoisotopic (exact) mass is 591 g/mol. The first-order chi connectivity index (χ1) is 20.3. The standard InChI is InChI=1S/C31H33N3O7S/c1-5-41-30(37)21-10-12-22(13-11-21)33-31-34(16-15-20-9-14-25(39-3)26(17-20)40-4)29(36)27(42-31)19-28(35)32-23-7-6-8-24(18-23)38-2/h6-14,17-18,27H,5,15-16,19H2,1-4H3,(H,32,35). The zero-order valence-corrected chi connectivity index (χ0v) is 24.7. The van der Waals surface area contributed by atoms with Crippen LogP contribution in [0.25, 0.3) is 0 Å². The van der Waals surface area contributed by atoms with Crippen LogP contribution < -0.4 is 19.5 Å². The number of nitrogens with zero attached hydrogens (tertiary/aromatic N) is 2. The van der Waals surface area contributed by atoms with Crippen molar-refractivity contribution in [3.05, 3.63) is 77.9 Å². The molecule has 0 aromatic heterocycles. The minimum Gasteiger partial charge on any atom is -0.497 e. The predicted octanol–water partition coefficient (Wildman–Crippen LogP) is 5.09. The summed E-state index contributed by atoms with van der Waals surface area (Å²) in [4.78, 5) is 44.8. The third kappa shape index (κ3) is 7.61. The number of esters is 1.